The van der Waals surface area contributed by atoms with Crippen molar-refractivity contribution < 1.29 is 19.7 Å². The number of Topliss-reactive ketones (excluding diaryl/α,β-unsaturated/α-hetero) is 1. The summed E-state index contributed by atoms with van der Waals surface area (Å²) in [6.07, 6.45) is 62.2. The van der Waals surface area contributed by atoms with Gasteiger partial charge in [-0.25, -0.2) is 4.79 Å². The first-order chi connectivity index (χ1) is 28.6. The molecule has 0 bridgehead atoms. The van der Waals surface area contributed by atoms with Gasteiger partial charge in [0.05, 0.1) is 0 Å². The molecule has 0 aromatic rings. The summed E-state index contributed by atoms with van der Waals surface area (Å²) in [6.45, 7) is 6.86. The first kappa shape index (κ1) is 57.1. The minimum atomic E-state index is -0.510. The molecule has 0 aromatic carbocycles. The highest BCUT2D eigenvalue weighted by Gasteiger charge is 2.26. The van der Waals surface area contributed by atoms with Gasteiger partial charge in [0.1, 0.15) is 5.78 Å². The van der Waals surface area contributed by atoms with E-state index in [-0.39, 0.29) is 0 Å². The zero-order chi connectivity index (χ0) is 42.3. The topological polar surface area (TPSA) is 63.6 Å². The molecule has 1 aliphatic rings. The Bertz CT molecular complexity index is 809. The maximum Gasteiger partial charge on any atom is 0.342 e. The van der Waals surface area contributed by atoms with Crippen molar-refractivity contribution in [1.82, 2.24) is 0 Å². The smallest absolute Gasteiger partial charge is 0.301 e. The van der Waals surface area contributed by atoms with Gasteiger partial charge in [-0.1, -0.05) is 284 Å². The maximum atomic E-state index is 13.6. The van der Waals surface area contributed by atoms with Crippen molar-refractivity contribution in [3.63, 3.8) is 0 Å². The normalized spacial score (nSPS) is 16.7. The summed E-state index contributed by atoms with van der Waals surface area (Å²) in [6, 6.07) is 0. The number of carbonyl (C=O) groups is 2. The molecular formula is C54H106O4. The summed E-state index contributed by atoms with van der Waals surface area (Å²) in [5, 5.41) is 8.10. The van der Waals surface area contributed by atoms with Crippen LogP contribution < -0.4 is 0 Å². The third-order valence-electron chi connectivity index (χ3n) is 13.3. The van der Waals surface area contributed by atoms with Gasteiger partial charge in [0, 0.05) is 18.3 Å². The Balaban J connectivity index is 0.00000131. The summed E-state index contributed by atoms with van der Waals surface area (Å²) < 4.78 is 0. The van der Waals surface area contributed by atoms with E-state index >= 15 is 0 Å². The van der Waals surface area contributed by atoms with E-state index in [0.29, 0.717) is 24.0 Å². The maximum absolute atomic E-state index is 13.6. The van der Waals surface area contributed by atoms with Gasteiger partial charge in [0.15, 0.2) is 0 Å². The van der Waals surface area contributed by atoms with Gasteiger partial charge >= 0.3 is 5.97 Å². The third-order valence-corrected chi connectivity index (χ3v) is 13.3. The Morgan fingerprint density at radius 2 is 0.638 bits per heavy atom. The fourth-order valence-corrected chi connectivity index (χ4v) is 9.30. The summed E-state index contributed by atoms with van der Waals surface area (Å²) in [5.41, 5.74) is 0. The molecule has 0 aromatic heterocycles. The van der Waals surface area contributed by atoms with E-state index in [1.54, 1.807) is 0 Å². The Morgan fingerprint density at radius 3 is 0.931 bits per heavy atom. The van der Waals surface area contributed by atoms with E-state index in [4.69, 9.17) is 5.26 Å². The average molecular weight is 819 g/mol. The standard InChI is InChI=1S/C36H70O.C18H36O3/c1-3-5-7-9-10-11-12-13-14-15-16-17-18-20-23-27-32-35-33-29-25-22-19-21-24-28-31-34(36(35)37)30-26-8-6-4-2;1-2-3-4-5-6-7-8-9-10-11-12-13-14-15-16-17-18(19)21-20/h34-35H,3-33H2,1-2H3;20H,2-17H2,1H3. The fraction of sp³-hybridized carbons (Fsp3) is 0.963. The average Bonchev–Trinajstić information content (AvgIpc) is 3.23. The van der Waals surface area contributed by atoms with Crippen LogP contribution in [0.25, 0.3) is 0 Å². The molecule has 0 spiro atoms. The third kappa shape index (κ3) is 41.8. The van der Waals surface area contributed by atoms with Crippen LogP contribution in [-0.4, -0.2) is 17.0 Å². The molecule has 1 saturated carbocycles. The second-order valence-corrected chi connectivity index (χ2v) is 19.0. The lowest BCUT2D eigenvalue weighted by Crippen LogP contribution is -2.24. The number of unbranched alkanes of at least 4 members (excludes halogenated alkanes) is 32. The van der Waals surface area contributed by atoms with Crippen molar-refractivity contribution >= 4 is 11.8 Å². The first-order valence-electron chi connectivity index (χ1n) is 27.0. The van der Waals surface area contributed by atoms with Gasteiger partial charge in [-0.3, -0.25) is 4.79 Å². The molecule has 1 rings (SSSR count). The number of rotatable bonds is 38. The van der Waals surface area contributed by atoms with Crippen molar-refractivity contribution in [3.05, 3.63) is 0 Å². The number of hydrogen-bond acceptors (Lipinski definition) is 4. The lowest BCUT2D eigenvalue weighted by molar-refractivity contribution is -0.234. The summed E-state index contributed by atoms with van der Waals surface area (Å²) in [4.78, 5) is 27.9. The molecule has 1 aliphatic carbocycles. The number of carbonyl (C=O) groups excluding carboxylic acids is 2. The highest BCUT2D eigenvalue weighted by molar-refractivity contribution is 5.83. The molecule has 2 atom stereocenters. The van der Waals surface area contributed by atoms with Crippen LogP contribution in [0.15, 0.2) is 0 Å². The van der Waals surface area contributed by atoms with E-state index < -0.39 is 5.97 Å². The molecule has 0 amide bonds. The zero-order valence-corrected chi connectivity index (χ0v) is 40.1. The Kier molecular flexibility index (Phi) is 48.0. The minimum Gasteiger partial charge on any atom is -0.301 e. The second kappa shape index (κ2) is 48.8. The predicted molar refractivity (Wildman–Crippen MR) is 255 cm³/mol. The first-order valence-corrected chi connectivity index (χ1v) is 27.0. The highest BCUT2D eigenvalue weighted by atomic mass is 17.1. The molecule has 1 N–H and O–H groups in total. The predicted octanol–water partition coefficient (Wildman–Crippen LogP) is 19.2. The van der Waals surface area contributed by atoms with E-state index in [1.165, 1.54) is 283 Å². The van der Waals surface area contributed by atoms with Gasteiger partial charge in [-0.15, -0.1) is 0 Å². The Hall–Kier alpha value is -0.900. The molecule has 0 radical (unpaired) electrons. The molecule has 58 heavy (non-hydrogen) atoms. The van der Waals surface area contributed by atoms with Crippen molar-refractivity contribution in [2.75, 3.05) is 0 Å². The van der Waals surface area contributed by atoms with E-state index in [2.05, 4.69) is 25.7 Å². The fourth-order valence-electron chi connectivity index (χ4n) is 9.30. The van der Waals surface area contributed by atoms with Crippen LogP contribution in [-0.2, 0) is 14.5 Å². The summed E-state index contributed by atoms with van der Waals surface area (Å²) in [7, 11) is 0. The summed E-state index contributed by atoms with van der Waals surface area (Å²) in [5.74, 6) is 0.923. The molecule has 0 heterocycles. The molecule has 4 heteroatoms. The Labute approximate surface area is 364 Å². The van der Waals surface area contributed by atoms with Gasteiger partial charge < -0.3 is 4.89 Å². The second-order valence-electron chi connectivity index (χ2n) is 19.0. The van der Waals surface area contributed by atoms with Crippen molar-refractivity contribution in [3.8, 4) is 0 Å². The van der Waals surface area contributed by atoms with Crippen LogP contribution in [0.4, 0.5) is 0 Å². The molecule has 4 nitrogen and oxygen atoms in total. The number of ketones is 1. The van der Waals surface area contributed by atoms with Crippen LogP contribution in [0.2, 0.25) is 0 Å². The van der Waals surface area contributed by atoms with Crippen molar-refractivity contribution in [2.45, 2.75) is 323 Å². The molecule has 1 fully saturated rings. The van der Waals surface area contributed by atoms with Crippen molar-refractivity contribution in [1.29, 1.82) is 0 Å². The van der Waals surface area contributed by atoms with Crippen LogP contribution in [0.3, 0.4) is 0 Å². The van der Waals surface area contributed by atoms with Gasteiger partial charge in [-0.05, 0) is 32.1 Å². The molecule has 2 unspecified atom stereocenters. The summed E-state index contributed by atoms with van der Waals surface area (Å²) >= 11 is 0. The van der Waals surface area contributed by atoms with Crippen molar-refractivity contribution in [2.24, 2.45) is 11.8 Å². The van der Waals surface area contributed by atoms with Crippen LogP contribution in [0.5, 0.6) is 0 Å². The lowest BCUT2D eigenvalue weighted by Gasteiger charge is -2.24. The SMILES string of the molecule is CCCCCCCCCCCCCCCCCC(=O)OO.CCCCCCCCCCCCCCCCCCC1CCCCCCCCCC(CCCCCC)C1=O. The van der Waals surface area contributed by atoms with E-state index in [1.807, 2.05) is 0 Å². The van der Waals surface area contributed by atoms with Gasteiger partial charge in [0.25, 0.3) is 0 Å². The zero-order valence-electron chi connectivity index (χ0n) is 40.1. The van der Waals surface area contributed by atoms with Crippen LogP contribution >= 0.6 is 0 Å². The molecule has 346 valence electrons. The van der Waals surface area contributed by atoms with Gasteiger partial charge in [-0.2, -0.15) is 5.26 Å². The largest absolute Gasteiger partial charge is 0.342 e. The highest BCUT2D eigenvalue weighted by Crippen LogP contribution is 2.29. The van der Waals surface area contributed by atoms with E-state index in [9.17, 15) is 9.59 Å². The van der Waals surface area contributed by atoms with E-state index in [0.717, 1.165) is 12.8 Å². The molecule has 0 aliphatic heterocycles. The van der Waals surface area contributed by atoms with Crippen LogP contribution in [0, 0.1) is 11.8 Å². The van der Waals surface area contributed by atoms with Gasteiger partial charge in [0.2, 0.25) is 0 Å². The number of hydrogen-bond donors (Lipinski definition) is 1. The quantitative estimate of drug-likeness (QED) is 0.0383. The van der Waals surface area contributed by atoms with Crippen LogP contribution in [0.1, 0.15) is 323 Å². The Morgan fingerprint density at radius 1 is 0.397 bits per heavy atom. The molecule has 0 saturated heterocycles. The lowest BCUT2D eigenvalue weighted by atomic mass is 9.80. The monoisotopic (exact) mass is 819 g/mol. The molecular weight excluding hydrogens is 713 g/mol. The minimum absolute atomic E-state index is 0.342.